The molecule has 0 aromatic carbocycles. The third-order valence-electron chi connectivity index (χ3n) is 3.54. The Morgan fingerprint density at radius 3 is 2.05 bits per heavy atom. The molecule has 1 atom stereocenters. The standard InChI is InChI=1S/C13H23N3O4/c1-9(2)12(13(14)20)16-7-5-15(6-8-16)10(17)3-4-11(18)19/h9,12H,3-8H2,1-2H3,(H2,14,20)(H,18,19). The number of carbonyl (C=O) groups excluding carboxylic acids is 2. The van der Waals surface area contributed by atoms with E-state index in [1.807, 2.05) is 18.7 Å². The summed E-state index contributed by atoms with van der Waals surface area (Å²) in [6.07, 6.45) is -0.117. The Hall–Kier alpha value is -1.63. The van der Waals surface area contributed by atoms with Gasteiger partial charge in [0, 0.05) is 32.6 Å². The van der Waals surface area contributed by atoms with Crippen molar-refractivity contribution in [1.29, 1.82) is 0 Å². The van der Waals surface area contributed by atoms with E-state index >= 15 is 0 Å². The van der Waals surface area contributed by atoms with E-state index in [9.17, 15) is 14.4 Å². The van der Waals surface area contributed by atoms with Crippen LogP contribution in [0.25, 0.3) is 0 Å². The van der Waals surface area contributed by atoms with Gasteiger partial charge in [-0.1, -0.05) is 13.8 Å². The molecule has 1 aliphatic heterocycles. The molecule has 0 aliphatic carbocycles. The number of amides is 2. The van der Waals surface area contributed by atoms with E-state index in [2.05, 4.69) is 0 Å². The Bertz CT molecular complexity index is 376. The maximum Gasteiger partial charge on any atom is 0.303 e. The molecule has 7 nitrogen and oxygen atoms in total. The van der Waals surface area contributed by atoms with Crippen molar-refractivity contribution in [2.75, 3.05) is 26.2 Å². The van der Waals surface area contributed by atoms with Crippen LogP contribution in [0.15, 0.2) is 0 Å². The molecule has 1 aliphatic rings. The van der Waals surface area contributed by atoms with Crippen molar-refractivity contribution >= 4 is 17.8 Å². The van der Waals surface area contributed by atoms with Gasteiger partial charge in [-0.3, -0.25) is 19.3 Å². The van der Waals surface area contributed by atoms with E-state index in [0.29, 0.717) is 26.2 Å². The molecule has 3 N–H and O–H groups in total. The minimum absolute atomic E-state index is 0.0265. The molecular formula is C13H23N3O4. The Kier molecular flexibility index (Phi) is 5.94. The van der Waals surface area contributed by atoms with E-state index in [1.165, 1.54) is 0 Å². The van der Waals surface area contributed by atoms with Crippen LogP contribution >= 0.6 is 0 Å². The van der Waals surface area contributed by atoms with Gasteiger partial charge in [0.15, 0.2) is 0 Å². The van der Waals surface area contributed by atoms with Crippen molar-refractivity contribution in [1.82, 2.24) is 9.80 Å². The van der Waals surface area contributed by atoms with Gasteiger partial charge in [0.25, 0.3) is 0 Å². The number of nitrogens with two attached hydrogens (primary N) is 1. The summed E-state index contributed by atoms with van der Waals surface area (Å²) in [5.41, 5.74) is 5.42. The number of carboxylic acids is 1. The molecular weight excluding hydrogens is 262 g/mol. The third-order valence-corrected chi connectivity index (χ3v) is 3.54. The maximum absolute atomic E-state index is 11.8. The zero-order valence-corrected chi connectivity index (χ0v) is 12.0. The van der Waals surface area contributed by atoms with E-state index in [-0.39, 0.29) is 36.6 Å². The van der Waals surface area contributed by atoms with Crippen molar-refractivity contribution in [2.45, 2.75) is 32.7 Å². The van der Waals surface area contributed by atoms with Crippen LogP contribution in [0.4, 0.5) is 0 Å². The van der Waals surface area contributed by atoms with Gasteiger partial charge in [-0.05, 0) is 5.92 Å². The van der Waals surface area contributed by atoms with Crippen LogP contribution in [0, 0.1) is 5.92 Å². The van der Waals surface area contributed by atoms with Crippen LogP contribution < -0.4 is 5.73 Å². The van der Waals surface area contributed by atoms with Gasteiger partial charge in [-0.2, -0.15) is 0 Å². The van der Waals surface area contributed by atoms with Gasteiger partial charge >= 0.3 is 5.97 Å². The Labute approximate surface area is 118 Å². The fourth-order valence-electron chi connectivity index (χ4n) is 2.55. The minimum atomic E-state index is -0.967. The van der Waals surface area contributed by atoms with Crippen molar-refractivity contribution in [3.8, 4) is 0 Å². The molecule has 1 fully saturated rings. The predicted molar refractivity (Wildman–Crippen MR) is 72.8 cm³/mol. The lowest BCUT2D eigenvalue weighted by Crippen LogP contribution is -2.56. The third kappa shape index (κ3) is 4.48. The molecule has 0 bridgehead atoms. The molecule has 1 heterocycles. The zero-order valence-electron chi connectivity index (χ0n) is 12.0. The molecule has 0 spiro atoms. The average Bonchev–Trinajstić information content (AvgIpc) is 2.36. The van der Waals surface area contributed by atoms with Crippen molar-refractivity contribution < 1.29 is 19.5 Å². The van der Waals surface area contributed by atoms with Gasteiger partial charge < -0.3 is 15.7 Å². The van der Waals surface area contributed by atoms with Gasteiger partial charge in [-0.25, -0.2) is 0 Å². The van der Waals surface area contributed by atoms with E-state index < -0.39 is 5.97 Å². The second kappa shape index (κ2) is 7.23. The smallest absolute Gasteiger partial charge is 0.303 e. The first kappa shape index (κ1) is 16.4. The van der Waals surface area contributed by atoms with Crippen LogP contribution in [-0.4, -0.2) is 64.9 Å². The second-order valence-electron chi connectivity index (χ2n) is 5.40. The summed E-state index contributed by atoms with van der Waals surface area (Å²) in [5, 5.41) is 8.57. The van der Waals surface area contributed by atoms with Gasteiger partial charge in [0.05, 0.1) is 12.5 Å². The first-order valence-corrected chi connectivity index (χ1v) is 6.86. The fourth-order valence-corrected chi connectivity index (χ4v) is 2.55. The van der Waals surface area contributed by atoms with Crippen molar-refractivity contribution in [3.63, 3.8) is 0 Å². The summed E-state index contributed by atoms with van der Waals surface area (Å²) < 4.78 is 0. The Morgan fingerprint density at radius 1 is 1.10 bits per heavy atom. The van der Waals surface area contributed by atoms with Crippen molar-refractivity contribution in [2.24, 2.45) is 11.7 Å². The number of aliphatic carboxylic acids is 1. The minimum Gasteiger partial charge on any atom is -0.481 e. The average molecular weight is 285 g/mol. The Balaban J connectivity index is 2.48. The lowest BCUT2D eigenvalue weighted by Gasteiger charge is -2.39. The summed E-state index contributed by atoms with van der Waals surface area (Å²) in [6.45, 7) is 6.08. The zero-order chi connectivity index (χ0) is 15.3. The number of carboxylic acid groups (broad SMARTS) is 1. The lowest BCUT2D eigenvalue weighted by atomic mass is 10.0. The summed E-state index contributed by atoms with van der Waals surface area (Å²) >= 11 is 0. The number of hydrogen-bond acceptors (Lipinski definition) is 4. The Morgan fingerprint density at radius 2 is 1.65 bits per heavy atom. The number of hydrogen-bond donors (Lipinski definition) is 2. The number of carbonyl (C=O) groups is 3. The largest absolute Gasteiger partial charge is 0.481 e. The van der Waals surface area contributed by atoms with Gasteiger partial charge in [-0.15, -0.1) is 0 Å². The van der Waals surface area contributed by atoms with E-state index in [1.54, 1.807) is 4.90 Å². The maximum atomic E-state index is 11.8. The summed E-state index contributed by atoms with van der Waals surface area (Å²) in [7, 11) is 0. The normalized spacial score (nSPS) is 18.1. The molecule has 1 rings (SSSR count). The number of primary amides is 1. The highest BCUT2D eigenvalue weighted by molar-refractivity contribution is 5.81. The number of nitrogens with zero attached hydrogens (tertiary/aromatic N) is 2. The summed E-state index contributed by atoms with van der Waals surface area (Å²) in [5.74, 6) is -1.33. The topological polar surface area (TPSA) is 104 Å². The van der Waals surface area contributed by atoms with Crippen LogP contribution in [0.2, 0.25) is 0 Å². The monoisotopic (exact) mass is 285 g/mol. The molecule has 20 heavy (non-hydrogen) atoms. The second-order valence-corrected chi connectivity index (χ2v) is 5.40. The summed E-state index contributed by atoms with van der Waals surface area (Å²) in [4.78, 5) is 37.4. The summed E-state index contributed by atoms with van der Waals surface area (Å²) in [6, 6.07) is -0.314. The predicted octanol–water partition coefficient (Wildman–Crippen LogP) is -0.495. The highest BCUT2D eigenvalue weighted by atomic mass is 16.4. The molecule has 0 aromatic heterocycles. The molecule has 114 valence electrons. The van der Waals surface area contributed by atoms with Gasteiger partial charge in [0.1, 0.15) is 0 Å². The van der Waals surface area contributed by atoms with Gasteiger partial charge in [0.2, 0.25) is 11.8 Å². The SMILES string of the molecule is CC(C)C(C(N)=O)N1CCN(C(=O)CCC(=O)O)CC1. The van der Waals surface area contributed by atoms with Crippen LogP contribution in [0.3, 0.4) is 0 Å². The molecule has 1 saturated heterocycles. The quantitative estimate of drug-likeness (QED) is 0.685. The molecule has 0 aromatic rings. The van der Waals surface area contributed by atoms with Crippen LogP contribution in [0.1, 0.15) is 26.7 Å². The fraction of sp³-hybridized carbons (Fsp3) is 0.769. The first-order chi connectivity index (χ1) is 9.32. The molecule has 1 unspecified atom stereocenters. The van der Waals surface area contributed by atoms with Crippen LogP contribution in [-0.2, 0) is 14.4 Å². The van der Waals surface area contributed by atoms with E-state index in [0.717, 1.165) is 0 Å². The lowest BCUT2D eigenvalue weighted by molar-refractivity contribution is -0.142. The molecule has 2 amide bonds. The van der Waals surface area contributed by atoms with Crippen molar-refractivity contribution in [3.05, 3.63) is 0 Å². The van der Waals surface area contributed by atoms with Crippen LogP contribution in [0.5, 0.6) is 0 Å². The van der Waals surface area contributed by atoms with E-state index in [4.69, 9.17) is 10.8 Å². The number of piperazine rings is 1. The molecule has 0 saturated carbocycles. The molecule has 0 radical (unpaired) electrons. The number of rotatable bonds is 6. The first-order valence-electron chi connectivity index (χ1n) is 6.86. The molecule has 7 heteroatoms. The highest BCUT2D eigenvalue weighted by Crippen LogP contribution is 2.14. The highest BCUT2D eigenvalue weighted by Gasteiger charge is 2.30.